The summed E-state index contributed by atoms with van der Waals surface area (Å²) in [6.07, 6.45) is 0. The number of carbonyl (C=O) groups excluding carboxylic acids is 1. The van der Waals surface area contributed by atoms with Crippen molar-refractivity contribution in [2.75, 3.05) is 26.2 Å². The predicted molar refractivity (Wildman–Crippen MR) is 87.3 cm³/mol. The number of nitrogens with zero attached hydrogens (tertiary/aromatic N) is 2. The number of rotatable bonds is 3. The lowest BCUT2D eigenvalue weighted by atomic mass is 10.2. The van der Waals surface area contributed by atoms with Gasteiger partial charge in [0.15, 0.2) is 0 Å². The number of piperazine rings is 1. The standard InChI is InChI=1S/C16H19N3O2S/c1-12-14(22-16(21)17-12)15(20)19-9-7-18(8-10-19)11-13-5-3-2-4-6-13/h2-6H,7-11H2,1H3,(H,17,21). The summed E-state index contributed by atoms with van der Waals surface area (Å²) in [4.78, 5) is 31.0. The second kappa shape index (κ2) is 6.46. The van der Waals surface area contributed by atoms with E-state index < -0.39 is 0 Å². The summed E-state index contributed by atoms with van der Waals surface area (Å²) in [5.74, 6) is -0.0276. The van der Waals surface area contributed by atoms with Crippen molar-refractivity contribution in [2.24, 2.45) is 0 Å². The lowest BCUT2D eigenvalue weighted by Gasteiger charge is -2.34. The summed E-state index contributed by atoms with van der Waals surface area (Å²) >= 11 is 1.00. The Kier molecular flexibility index (Phi) is 4.40. The number of hydrogen-bond acceptors (Lipinski definition) is 4. The SMILES string of the molecule is Cc1[nH]c(=O)sc1C(=O)N1CCN(Cc2ccccc2)CC1. The molecule has 6 heteroatoms. The molecule has 0 aliphatic carbocycles. The first kappa shape index (κ1) is 15.0. The molecule has 1 amide bonds. The molecule has 0 bridgehead atoms. The monoisotopic (exact) mass is 317 g/mol. The molecule has 0 saturated carbocycles. The number of hydrogen-bond donors (Lipinski definition) is 1. The number of aromatic nitrogens is 1. The zero-order chi connectivity index (χ0) is 15.5. The molecular weight excluding hydrogens is 298 g/mol. The quantitative estimate of drug-likeness (QED) is 0.937. The number of aromatic amines is 1. The van der Waals surface area contributed by atoms with Crippen LogP contribution in [0.25, 0.3) is 0 Å². The number of amides is 1. The van der Waals surface area contributed by atoms with Gasteiger partial charge in [-0.3, -0.25) is 14.5 Å². The summed E-state index contributed by atoms with van der Waals surface area (Å²) in [6.45, 7) is 5.82. The Morgan fingerprint density at radius 3 is 2.45 bits per heavy atom. The molecule has 2 aromatic rings. The summed E-state index contributed by atoms with van der Waals surface area (Å²) < 4.78 is 0. The van der Waals surface area contributed by atoms with Gasteiger partial charge >= 0.3 is 4.87 Å². The lowest BCUT2D eigenvalue weighted by molar-refractivity contribution is 0.0632. The zero-order valence-electron chi connectivity index (χ0n) is 12.5. The second-order valence-corrected chi connectivity index (χ2v) is 6.51. The molecule has 0 spiro atoms. The van der Waals surface area contributed by atoms with Gasteiger partial charge < -0.3 is 9.88 Å². The predicted octanol–water partition coefficient (Wildman–Crippen LogP) is 1.70. The molecular formula is C16H19N3O2S. The molecule has 0 unspecified atom stereocenters. The highest BCUT2D eigenvalue weighted by molar-refractivity contribution is 7.11. The molecule has 116 valence electrons. The van der Waals surface area contributed by atoms with Crippen LogP contribution in [0.15, 0.2) is 35.1 Å². The third-order valence-corrected chi connectivity index (χ3v) is 4.90. The summed E-state index contributed by atoms with van der Waals surface area (Å²) in [5.41, 5.74) is 1.97. The minimum atomic E-state index is -0.163. The normalized spacial score (nSPS) is 16.0. The summed E-state index contributed by atoms with van der Waals surface area (Å²) in [5, 5.41) is 0. The molecule has 1 aromatic heterocycles. The van der Waals surface area contributed by atoms with Gasteiger partial charge in [-0.05, 0) is 12.5 Å². The average molecular weight is 317 g/mol. The molecule has 1 saturated heterocycles. The van der Waals surface area contributed by atoms with E-state index in [0.29, 0.717) is 23.7 Å². The van der Waals surface area contributed by atoms with Gasteiger partial charge in [-0.25, -0.2) is 0 Å². The van der Waals surface area contributed by atoms with Gasteiger partial charge in [0.1, 0.15) is 4.88 Å². The van der Waals surface area contributed by atoms with Crippen molar-refractivity contribution in [3.05, 3.63) is 56.1 Å². The van der Waals surface area contributed by atoms with Crippen LogP contribution in [0.2, 0.25) is 0 Å². The smallest absolute Gasteiger partial charge is 0.305 e. The van der Waals surface area contributed by atoms with Crippen molar-refractivity contribution in [1.29, 1.82) is 0 Å². The number of benzene rings is 1. The Morgan fingerprint density at radius 1 is 1.18 bits per heavy atom. The maximum Gasteiger partial charge on any atom is 0.305 e. The molecule has 1 aromatic carbocycles. The number of aryl methyl sites for hydroxylation is 1. The van der Waals surface area contributed by atoms with Gasteiger partial charge in [-0.1, -0.05) is 41.7 Å². The first-order valence-corrected chi connectivity index (χ1v) is 8.20. The fraction of sp³-hybridized carbons (Fsp3) is 0.375. The van der Waals surface area contributed by atoms with E-state index in [4.69, 9.17) is 0 Å². The molecule has 0 atom stereocenters. The Labute approximate surface area is 133 Å². The van der Waals surface area contributed by atoms with E-state index >= 15 is 0 Å². The number of thiazole rings is 1. The molecule has 1 aliphatic heterocycles. The average Bonchev–Trinajstić information content (AvgIpc) is 2.87. The number of nitrogens with one attached hydrogen (secondary N) is 1. The third-order valence-electron chi connectivity index (χ3n) is 3.93. The minimum absolute atomic E-state index is 0.0276. The van der Waals surface area contributed by atoms with E-state index in [0.717, 1.165) is 31.0 Å². The number of carbonyl (C=O) groups is 1. The van der Waals surface area contributed by atoms with Crippen LogP contribution in [0.1, 0.15) is 20.9 Å². The van der Waals surface area contributed by atoms with Crippen LogP contribution >= 0.6 is 11.3 Å². The Balaban J connectivity index is 1.58. The zero-order valence-corrected chi connectivity index (χ0v) is 13.4. The van der Waals surface area contributed by atoms with Crippen molar-refractivity contribution in [3.8, 4) is 0 Å². The van der Waals surface area contributed by atoms with Crippen LogP contribution in [0.3, 0.4) is 0 Å². The van der Waals surface area contributed by atoms with Crippen LogP contribution in [-0.2, 0) is 6.54 Å². The largest absolute Gasteiger partial charge is 0.335 e. The maximum atomic E-state index is 12.5. The van der Waals surface area contributed by atoms with E-state index in [1.165, 1.54) is 5.56 Å². The van der Waals surface area contributed by atoms with Gasteiger partial charge in [0, 0.05) is 38.4 Å². The van der Waals surface area contributed by atoms with Crippen LogP contribution in [0.5, 0.6) is 0 Å². The van der Waals surface area contributed by atoms with E-state index in [9.17, 15) is 9.59 Å². The molecule has 1 N–H and O–H groups in total. The summed E-state index contributed by atoms with van der Waals surface area (Å²) in [7, 11) is 0. The molecule has 1 fully saturated rings. The van der Waals surface area contributed by atoms with Crippen LogP contribution in [0, 0.1) is 6.92 Å². The molecule has 1 aliphatic rings. The van der Waals surface area contributed by atoms with Gasteiger partial charge in [0.25, 0.3) is 5.91 Å². The first-order chi connectivity index (χ1) is 10.6. The Bertz CT molecular complexity index is 700. The highest BCUT2D eigenvalue weighted by atomic mass is 32.1. The van der Waals surface area contributed by atoms with E-state index in [-0.39, 0.29) is 10.8 Å². The third kappa shape index (κ3) is 3.28. The molecule has 22 heavy (non-hydrogen) atoms. The fourth-order valence-electron chi connectivity index (χ4n) is 2.70. The number of H-pyrrole nitrogens is 1. The first-order valence-electron chi connectivity index (χ1n) is 7.39. The van der Waals surface area contributed by atoms with Crippen molar-refractivity contribution in [3.63, 3.8) is 0 Å². The van der Waals surface area contributed by atoms with Gasteiger partial charge in [0.05, 0.1) is 0 Å². The van der Waals surface area contributed by atoms with Gasteiger partial charge in [0.2, 0.25) is 0 Å². The molecule has 3 rings (SSSR count). The van der Waals surface area contributed by atoms with Crippen LogP contribution in [0.4, 0.5) is 0 Å². The topological polar surface area (TPSA) is 56.4 Å². The molecule has 5 nitrogen and oxygen atoms in total. The van der Waals surface area contributed by atoms with Crippen LogP contribution < -0.4 is 4.87 Å². The van der Waals surface area contributed by atoms with Crippen molar-refractivity contribution in [1.82, 2.24) is 14.8 Å². The maximum absolute atomic E-state index is 12.5. The van der Waals surface area contributed by atoms with Crippen molar-refractivity contribution in [2.45, 2.75) is 13.5 Å². The van der Waals surface area contributed by atoms with E-state index in [2.05, 4.69) is 22.0 Å². The Morgan fingerprint density at radius 2 is 1.86 bits per heavy atom. The highest BCUT2D eigenvalue weighted by Gasteiger charge is 2.24. The molecule has 2 heterocycles. The van der Waals surface area contributed by atoms with Gasteiger partial charge in [-0.15, -0.1) is 0 Å². The Hall–Kier alpha value is -1.92. The van der Waals surface area contributed by atoms with Crippen molar-refractivity contribution < 1.29 is 4.79 Å². The highest BCUT2D eigenvalue weighted by Crippen LogP contribution is 2.15. The van der Waals surface area contributed by atoms with Crippen LogP contribution in [-0.4, -0.2) is 46.9 Å². The second-order valence-electron chi connectivity index (χ2n) is 5.52. The molecule has 0 radical (unpaired) electrons. The van der Waals surface area contributed by atoms with Gasteiger partial charge in [-0.2, -0.15) is 0 Å². The fourth-order valence-corrected chi connectivity index (χ4v) is 3.51. The minimum Gasteiger partial charge on any atom is -0.335 e. The van der Waals surface area contributed by atoms with E-state index in [1.807, 2.05) is 23.1 Å². The summed E-state index contributed by atoms with van der Waals surface area (Å²) in [6, 6.07) is 10.4. The van der Waals surface area contributed by atoms with E-state index in [1.54, 1.807) is 6.92 Å². The van der Waals surface area contributed by atoms with Crippen molar-refractivity contribution >= 4 is 17.2 Å². The lowest BCUT2D eigenvalue weighted by Crippen LogP contribution is -2.48.